The molecule has 0 aliphatic heterocycles. The predicted molar refractivity (Wildman–Crippen MR) is 76.0 cm³/mol. The molecule has 0 fully saturated rings. The van der Waals surface area contributed by atoms with Gasteiger partial charge in [0.15, 0.2) is 0 Å². The molecule has 0 aliphatic rings. The lowest BCUT2D eigenvalue weighted by molar-refractivity contribution is 0.0951. The van der Waals surface area contributed by atoms with Gasteiger partial charge in [0.05, 0.1) is 10.9 Å². The maximum Gasteiger partial charge on any atom is 0.252 e. The summed E-state index contributed by atoms with van der Waals surface area (Å²) < 4.78 is 0.952. The third-order valence-electron chi connectivity index (χ3n) is 2.30. The molecule has 0 saturated carbocycles. The molecule has 1 N–H and O–H groups in total. The molecule has 1 rings (SSSR count). The van der Waals surface area contributed by atoms with Crippen LogP contribution in [0.3, 0.4) is 0 Å². The number of hydrogen-bond donors (Lipinski definition) is 1. The number of hydrogen-bond acceptors (Lipinski definition) is 1. The van der Waals surface area contributed by atoms with E-state index in [1.54, 1.807) is 0 Å². The van der Waals surface area contributed by atoms with E-state index in [2.05, 4.69) is 27.9 Å². The van der Waals surface area contributed by atoms with E-state index < -0.39 is 0 Å². The number of benzene rings is 1. The Morgan fingerprint density at radius 3 is 2.62 bits per heavy atom. The van der Waals surface area contributed by atoms with Crippen molar-refractivity contribution in [2.45, 2.75) is 19.2 Å². The molecular weight excluding hydrogens is 336 g/mol. The topological polar surface area (TPSA) is 29.1 Å². The quantitative estimate of drug-likeness (QED) is 0.654. The van der Waals surface area contributed by atoms with Crippen molar-refractivity contribution in [3.63, 3.8) is 0 Å². The number of carbonyl (C=O) groups excluding carboxylic acids is 1. The number of carbonyl (C=O) groups is 1. The number of rotatable bonds is 4. The molecule has 2 nitrogen and oxygen atoms in total. The largest absolute Gasteiger partial charge is 0.351 e. The van der Waals surface area contributed by atoms with Gasteiger partial charge in [0.1, 0.15) is 0 Å². The summed E-state index contributed by atoms with van der Waals surface area (Å²) in [7, 11) is 0. The van der Waals surface area contributed by atoms with Crippen molar-refractivity contribution in [3.05, 3.63) is 33.4 Å². The molecule has 1 aromatic carbocycles. The van der Waals surface area contributed by atoms with Crippen LogP contribution in [0.25, 0.3) is 0 Å². The second kappa shape index (κ2) is 6.45. The van der Waals surface area contributed by atoms with E-state index in [9.17, 15) is 4.79 Å². The van der Waals surface area contributed by atoms with Crippen molar-refractivity contribution in [1.82, 2.24) is 5.32 Å². The summed E-state index contributed by atoms with van der Waals surface area (Å²) >= 11 is 8.22. The summed E-state index contributed by atoms with van der Waals surface area (Å²) in [5, 5.41) is 2.82. The molecule has 0 spiro atoms. The summed E-state index contributed by atoms with van der Waals surface area (Å²) in [6, 6.07) is 7.50. The normalized spacial score (nSPS) is 12.6. The SMILES string of the molecule is CC(C)C(Cl)CNC(=O)c1ccccc1I. The van der Waals surface area contributed by atoms with Crippen LogP contribution in [-0.4, -0.2) is 17.8 Å². The molecule has 0 bridgehead atoms. The summed E-state index contributed by atoms with van der Waals surface area (Å²) in [6.07, 6.45) is 0. The van der Waals surface area contributed by atoms with Crippen LogP contribution in [0.4, 0.5) is 0 Å². The van der Waals surface area contributed by atoms with Crippen LogP contribution in [0.5, 0.6) is 0 Å². The highest BCUT2D eigenvalue weighted by atomic mass is 127. The molecule has 0 aliphatic carbocycles. The summed E-state index contributed by atoms with van der Waals surface area (Å²) in [4.78, 5) is 11.8. The molecule has 0 radical (unpaired) electrons. The van der Waals surface area contributed by atoms with Crippen LogP contribution < -0.4 is 5.32 Å². The lowest BCUT2D eigenvalue weighted by Gasteiger charge is -2.14. The highest BCUT2D eigenvalue weighted by Crippen LogP contribution is 2.12. The smallest absolute Gasteiger partial charge is 0.252 e. The van der Waals surface area contributed by atoms with Crippen LogP contribution in [0.1, 0.15) is 24.2 Å². The van der Waals surface area contributed by atoms with Gasteiger partial charge in [-0.2, -0.15) is 0 Å². The summed E-state index contributed by atoms with van der Waals surface area (Å²) in [6.45, 7) is 4.58. The van der Waals surface area contributed by atoms with Crippen LogP contribution in [0, 0.1) is 9.49 Å². The molecule has 16 heavy (non-hydrogen) atoms. The molecular formula is C12H15ClINO. The zero-order valence-corrected chi connectivity index (χ0v) is 12.2. The van der Waals surface area contributed by atoms with Gasteiger partial charge in [-0.3, -0.25) is 4.79 Å². The first-order chi connectivity index (χ1) is 7.52. The van der Waals surface area contributed by atoms with E-state index >= 15 is 0 Å². The van der Waals surface area contributed by atoms with E-state index in [4.69, 9.17) is 11.6 Å². The second-order valence-electron chi connectivity index (χ2n) is 3.95. The van der Waals surface area contributed by atoms with Gasteiger partial charge in [0.25, 0.3) is 5.91 Å². The second-order valence-corrected chi connectivity index (χ2v) is 5.67. The van der Waals surface area contributed by atoms with Gasteiger partial charge in [-0.1, -0.05) is 26.0 Å². The Labute approximate surface area is 115 Å². The summed E-state index contributed by atoms with van der Waals surface area (Å²) in [5.74, 6) is 0.299. The van der Waals surface area contributed by atoms with E-state index in [-0.39, 0.29) is 11.3 Å². The fraction of sp³-hybridized carbons (Fsp3) is 0.417. The molecule has 0 saturated heterocycles. The van der Waals surface area contributed by atoms with Crippen molar-refractivity contribution in [3.8, 4) is 0 Å². The van der Waals surface area contributed by atoms with Crippen molar-refractivity contribution in [1.29, 1.82) is 0 Å². The third kappa shape index (κ3) is 3.94. The zero-order chi connectivity index (χ0) is 12.1. The Bertz CT molecular complexity index is 368. The van der Waals surface area contributed by atoms with Crippen LogP contribution in [0.15, 0.2) is 24.3 Å². The van der Waals surface area contributed by atoms with Crippen molar-refractivity contribution in [2.75, 3.05) is 6.54 Å². The summed E-state index contributed by atoms with van der Waals surface area (Å²) in [5.41, 5.74) is 0.704. The number of alkyl halides is 1. The lowest BCUT2D eigenvalue weighted by atomic mass is 10.1. The van der Waals surface area contributed by atoms with E-state index in [0.717, 1.165) is 3.57 Å². The Morgan fingerprint density at radius 2 is 2.06 bits per heavy atom. The van der Waals surface area contributed by atoms with Crippen LogP contribution in [-0.2, 0) is 0 Å². The fourth-order valence-corrected chi connectivity index (χ4v) is 1.88. The monoisotopic (exact) mass is 351 g/mol. The maximum absolute atomic E-state index is 11.8. The van der Waals surface area contributed by atoms with Crippen molar-refractivity contribution < 1.29 is 4.79 Å². The molecule has 1 atom stereocenters. The minimum atomic E-state index is -0.0590. The molecule has 1 unspecified atom stereocenters. The van der Waals surface area contributed by atoms with Crippen LogP contribution in [0.2, 0.25) is 0 Å². The highest BCUT2D eigenvalue weighted by molar-refractivity contribution is 14.1. The molecule has 0 aromatic heterocycles. The molecule has 0 heterocycles. The van der Waals surface area contributed by atoms with Crippen molar-refractivity contribution in [2.24, 2.45) is 5.92 Å². The van der Waals surface area contributed by atoms with Crippen molar-refractivity contribution >= 4 is 40.1 Å². The van der Waals surface area contributed by atoms with E-state index in [0.29, 0.717) is 18.0 Å². The Hall–Kier alpha value is -0.290. The average molecular weight is 352 g/mol. The van der Waals surface area contributed by atoms with E-state index in [1.807, 2.05) is 38.1 Å². The first kappa shape index (κ1) is 13.8. The maximum atomic E-state index is 11.8. The van der Waals surface area contributed by atoms with Gasteiger partial charge in [0.2, 0.25) is 0 Å². The van der Waals surface area contributed by atoms with Gasteiger partial charge in [-0.05, 0) is 40.6 Å². The number of amides is 1. The Kier molecular flexibility index (Phi) is 5.55. The molecule has 4 heteroatoms. The Morgan fingerprint density at radius 1 is 1.44 bits per heavy atom. The van der Waals surface area contributed by atoms with Crippen LogP contribution >= 0.6 is 34.2 Å². The van der Waals surface area contributed by atoms with E-state index in [1.165, 1.54) is 0 Å². The van der Waals surface area contributed by atoms with Gasteiger partial charge in [-0.25, -0.2) is 0 Å². The number of halogens is 2. The standard InChI is InChI=1S/C12H15ClINO/c1-8(2)10(13)7-15-12(16)9-5-3-4-6-11(9)14/h3-6,8,10H,7H2,1-2H3,(H,15,16). The molecule has 1 amide bonds. The zero-order valence-electron chi connectivity index (χ0n) is 9.34. The third-order valence-corrected chi connectivity index (χ3v) is 3.90. The molecule has 1 aromatic rings. The first-order valence-corrected chi connectivity index (χ1v) is 6.70. The minimum absolute atomic E-state index is 0.0228. The van der Waals surface area contributed by atoms with Gasteiger partial charge < -0.3 is 5.32 Å². The average Bonchev–Trinajstić information content (AvgIpc) is 2.25. The minimum Gasteiger partial charge on any atom is -0.351 e. The fourth-order valence-electron chi connectivity index (χ4n) is 1.17. The lowest BCUT2D eigenvalue weighted by Crippen LogP contribution is -2.32. The van der Waals surface area contributed by atoms with Gasteiger partial charge in [0, 0.05) is 10.1 Å². The van der Waals surface area contributed by atoms with Gasteiger partial charge in [-0.15, -0.1) is 11.6 Å². The molecule has 88 valence electrons. The predicted octanol–water partition coefficient (Wildman–Crippen LogP) is 3.28. The number of nitrogens with one attached hydrogen (secondary N) is 1. The van der Waals surface area contributed by atoms with Gasteiger partial charge >= 0.3 is 0 Å². The highest BCUT2D eigenvalue weighted by Gasteiger charge is 2.13. The Balaban J connectivity index is 2.57. The first-order valence-electron chi connectivity index (χ1n) is 5.19.